The number of nitrogens with zero attached hydrogens (tertiary/aromatic N) is 3. The van der Waals surface area contributed by atoms with Crippen LogP contribution in [0.15, 0.2) is 59.0 Å². The molecule has 1 aromatic heterocycles. The van der Waals surface area contributed by atoms with Crippen molar-refractivity contribution in [1.29, 1.82) is 0 Å². The number of hydrogen-bond acceptors (Lipinski definition) is 7. The van der Waals surface area contributed by atoms with Gasteiger partial charge in [0.1, 0.15) is 11.2 Å². The number of rotatable bonds is 6. The molecule has 1 aliphatic rings. The molecule has 1 aliphatic heterocycles. The Hall–Kier alpha value is -4.24. The van der Waals surface area contributed by atoms with Gasteiger partial charge < -0.3 is 19.4 Å². The van der Waals surface area contributed by atoms with E-state index in [-0.39, 0.29) is 11.3 Å². The van der Waals surface area contributed by atoms with Crippen LogP contribution in [-0.4, -0.2) is 42.1 Å². The van der Waals surface area contributed by atoms with Crippen LogP contribution >= 0.6 is 0 Å². The molecule has 184 valence electrons. The highest BCUT2D eigenvalue weighted by Crippen LogP contribution is 2.30. The molecule has 2 heterocycles. The quantitative estimate of drug-likeness (QED) is 0.300. The van der Waals surface area contributed by atoms with Gasteiger partial charge in [0.2, 0.25) is 0 Å². The van der Waals surface area contributed by atoms with E-state index in [0.29, 0.717) is 50.0 Å². The molecular weight excluding hydrogens is 460 g/mol. The molecule has 1 fully saturated rings. The van der Waals surface area contributed by atoms with E-state index in [2.05, 4.69) is 16.4 Å². The number of carbonyl (C=O) groups is 1. The van der Waals surface area contributed by atoms with Crippen LogP contribution in [-0.2, 0) is 11.2 Å². The van der Waals surface area contributed by atoms with E-state index in [1.165, 1.54) is 6.07 Å². The second-order valence-corrected chi connectivity index (χ2v) is 8.93. The van der Waals surface area contributed by atoms with Gasteiger partial charge in [-0.25, -0.2) is 4.98 Å². The predicted octanol–water partition coefficient (Wildman–Crippen LogP) is 5.03. The van der Waals surface area contributed by atoms with Crippen molar-refractivity contribution < 1.29 is 18.9 Å². The van der Waals surface area contributed by atoms with Gasteiger partial charge in [0.25, 0.3) is 11.6 Å². The Balaban J connectivity index is 1.28. The van der Waals surface area contributed by atoms with Crippen molar-refractivity contribution in [2.24, 2.45) is 0 Å². The summed E-state index contributed by atoms with van der Waals surface area (Å²) in [5.74, 6) is 0.215. The van der Waals surface area contributed by atoms with Crippen LogP contribution in [0, 0.1) is 24.0 Å². The number of ether oxygens (including phenoxy) is 1. The third-order valence-corrected chi connectivity index (χ3v) is 6.22. The molecule has 0 bridgehead atoms. The van der Waals surface area contributed by atoms with Crippen LogP contribution in [0.3, 0.4) is 0 Å². The summed E-state index contributed by atoms with van der Waals surface area (Å²) in [4.78, 5) is 30.6. The van der Waals surface area contributed by atoms with Crippen molar-refractivity contribution >= 4 is 34.1 Å². The Morgan fingerprint density at radius 3 is 2.56 bits per heavy atom. The molecule has 1 saturated heterocycles. The first-order valence-electron chi connectivity index (χ1n) is 11.8. The predicted molar refractivity (Wildman–Crippen MR) is 137 cm³/mol. The number of nitrogens with one attached hydrogen (secondary N) is 1. The first kappa shape index (κ1) is 23.5. The van der Waals surface area contributed by atoms with Crippen LogP contribution in [0.5, 0.6) is 0 Å². The second kappa shape index (κ2) is 9.79. The number of amides is 1. The average molecular weight is 487 g/mol. The normalized spacial score (nSPS) is 13.7. The van der Waals surface area contributed by atoms with Gasteiger partial charge in [-0.3, -0.25) is 14.9 Å². The molecule has 0 spiro atoms. The number of anilines is 2. The van der Waals surface area contributed by atoms with Gasteiger partial charge in [-0.2, -0.15) is 0 Å². The third kappa shape index (κ3) is 4.92. The molecule has 0 radical (unpaired) electrons. The van der Waals surface area contributed by atoms with E-state index < -0.39 is 10.8 Å². The van der Waals surface area contributed by atoms with Gasteiger partial charge >= 0.3 is 0 Å². The lowest BCUT2D eigenvalue weighted by molar-refractivity contribution is -0.384. The highest BCUT2D eigenvalue weighted by atomic mass is 16.6. The van der Waals surface area contributed by atoms with Crippen LogP contribution in [0.1, 0.15) is 32.9 Å². The molecule has 9 nitrogen and oxygen atoms in total. The molecule has 0 aliphatic carbocycles. The van der Waals surface area contributed by atoms with Crippen molar-refractivity contribution in [2.75, 3.05) is 36.5 Å². The lowest BCUT2D eigenvalue weighted by Gasteiger charge is -2.28. The summed E-state index contributed by atoms with van der Waals surface area (Å²) in [5.41, 5.74) is 6.04. The molecule has 3 aromatic carbocycles. The summed E-state index contributed by atoms with van der Waals surface area (Å²) < 4.78 is 11.3. The summed E-state index contributed by atoms with van der Waals surface area (Å²) >= 11 is 0. The second-order valence-electron chi connectivity index (χ2n) is 8.93. The molecule has 0 saturated carbocycles. The Morgan fingerprint density at radius 2 is 1.83 bits per heavy atom. The van der Waals surface area contributed by atoms with Gasteiger partial charge in [-0.1, -0.05) is 18.2 Å². The maximum Gasteiger partial charge on any atom is 0.293 e. The van der Waals surface area contributed by atoms with E-state index in [0.717, 1.165) is 27.8 Å². The number of nitro groups is 1. The first-order valence-corrected chi connectivity index (χ1v) is 11.8. The van der Waals surface area contributed by atoms with E-state index >= 15 is 0 Å². The van der Waals surface area contributed by atoms with Crippen molar-refractivity contribution in [3.8, 4) is 0 Å². The standard InChI is InChI=1S/C27H26N4O5/c1-17-13-18(2)26-22(14-17)29-25(36-26)15-19-3-6-21(7-4-19)28-27(32)20-5-8-23(24(16-20)31(33)34)30-9-11-35-12-10-30/h3-8,13-14,16H,9-12,15H2,1-2H3,(H,28,32). The topological polar surface area (TPSA) is 111 Å². The number of aromatic nitrogens is 1. The number of aryl methyl sites for hydroxylation is 2. The maximum atomic E-state index is 12.8. The fourth-order valence-electron chi connectivity index (χ4n) is 4.46. The van der Waals surface area contributed by atoms with Gasteiger partial charge in [0.15, 0.2) is 11.5 Å². The monoisotopic (exact) mass is 486 g/mol. The third-order valence-electron chi connectivity index (χ3n) is 6.22. The number of hydrogen-bond donors (Lipinski definition) is 1. The summed E-state index contributed by atoms with van der Waals surface area (Å²) in [6, 6.07) is 16.0. The molecule has 36 heavy (non-hydrogen) atoms. The Morgan fingerprint density at radius 1 is 1.08 bits per heavy atom. The van der Waals surface area contributed by atoms with Gasteiger partial charge in [-0.15, -0.1) is 0 Å². The van der Waals surface area contributed by atoms with Crippen LogP contribution in [0.2, 0.25) is 0 Å². The first-order chi connectivity index (χ1) is 17.4. The van der Waals surface area contributed by atoms with Gasteiger partial charge in [-0.05, 0) is 60.9 Å². The zero-order valence-corrected chi connectivity index (χ0v) is 20.1. The largest absolute Gasteiger partial charge is 0.440 e. The van der Waals surface area contributed by atoms with Crippen molar-refractivity contribution in [3.05, 3.63) is 92.9 Å². The zero-order valence-electron chi connectivity index (χ0n) is 20.1. The highest BCUT2D eigenvalue weighted by molar-refractivity contribution is 6.05. The fraction of sp³-hybridized carbons (Fsp3) is 0.259. The number of nitro benzene ring substituents is 1. The number of benzene rings is 3. The molecular formula is C27H26N4O5. The van der Waals surface area contributed by atoms with E-state index in [1.807, 2.05) is 36.9 Å². The number of oxazole rings is 1. The van der Waals surface area contributed by atoms with E-state index in [4.69, 9.17) is 9.15 Å². The highest BCUT2D eigenvalue weighted by Gasteiger charge is 2.23. The number of morpholine rings is 1. The Bertz CT molecular complexity index is 1440. The zero-order chi connectivity index (χ0) is 25.2. The number of fused-ring (bicyclic) bond motifs is 1. The lowest BCUT2D eigenvalue weighted by Crippen LogP contribution is -2.36. The lowest BCUT2D eigenvalue weighted by atomic mass is 10.1. The number of carbonyl (C=O) groups excluding carboxylic acids is 1. The molecule has 4 aromatic rings. The molecule has 1 amide bonds. The Labute approximate surface area is 207 Å². The molecule has 0 unspecified atom stereocenters. The molecule has 0 atom stereocenters. The fourth-order valence-corrected chi connectivity index (χ4v) is 4.46. The molecule has 5 rings (SSSR count). The van der Waals surface area contributed by atoms with Crippen LogP contribution in [0.4, 0.5) is 17.1 Å². The minimum absolute atomic E-state index is 0.0938. The van der Waals surface area contributed by atoms with Crippen molar-refractivity contribution in [1.82, 2.24) is 4.98 Å². The minimum Gasteiger partial charge on any atom is -0.440 e. The average Bonchev–Trinajstić information content (AvgIpc) is 3.28. The van der Waals surface area contributed by atoms with Crippen LogP contribution < -0.4 is 10.2 Å². The summed E-state index contributed by atoms with van der Waals surface area (Å²) in [7, 11) is 0. The summed E-state index contributed by atoms with van der Waals surface area (Å²) in [5, 5.41) is 14.5. The Kier molecular flexibility index (Phi) is 6.39. The van der Waals surface area contributed by atoms with Crippen molar-refractivity contribution in [2.45, 2.75) is 20.3 Å². The summed E-state index contributed by atoms with van der Waals surface area (Å²) in [6.45, 7) is 6.21. The van der Waals surface area contributed by atoms with E-state index in [1.54, 1.807) is 24.3 Å². The van der Waals surface area contributed by atoms with Gasteiger partial charge in [0, 0.05) is 36.8 Å². The maximum absolute atomic E-state index is 12.8. The van der Waals surface area contributed by atoms with Gasteiger partial charge in [0.05, 0.1) is 18.1 Å². The smallest absolute Gasteiger partial charge is 0.293 e. The van der Waals surface area contributed by atoms with E-state index in [9.17, 15) is 14.9 Å². The minimum atomic E-state index is -0.453. The van der Waals surface area contributed by atoms with Crippen molar-refractivity contribution in [3.63, 3.8) is 0 Å². The molecule has 1 N–H and O–H groups in total. The molecule has 9 heteroatoms. The summed E-state index contributed by atoms with van der Waals surface area (Å²) in [6.07, 6.45) is 0.524. The van der Waals surface area contributed by atoms with Crippen LogP contribution in [0.25, 0.3) is 11.1 Å². The SMILES string of the molecule is Cc1cc(C)c2oc(Cc3ccc(NC(=O)c4ccc(N5CCOCC5)c([N+](=O)[O-])c4)cc3)nc2c1.